The van der Waals surface area contributed by atoms with Gasteiger partial charge in [0, 0.05) is 10.7 Å². The van der Waals surface area contributed by atoms with Crippen LogP contribution >= 0.6 is 10.7 Å². The maximum Gasteiger partial charge on any atom is 0.318 e. The van der Waals surface area contributed by atoms with Crippen LogP contribution < -0.4 is 15.8 Å². The molecule has 0 unspecified atom stereocenters. The number of nitrogens with one attached hydrogen (secondary N) is 1. The number of carbonyl (C=O) groups is 2. The largest absolute Gasteiger partial charge is 0.481 e. The smallest absolute Gasteiger partial charge is 0.318 e. The van der Waals surface area contributed by atoms with Crippen LogP contribution in [0.25, 0.3) is 0 Å². The first-order valence-corrected chi connectivity index (χ1v) is 6.97. The fourth-order valence-electron chi connectivity index (χ4n) is 1.07. The van der Waals surface area contributed by atoms with Crippen molar-refractivity contribution in [3.05, 3.63) is 24.0 Å². The van der Waals surface area contributed by atoms with Gasteiger partial charge in [0.05, 0.1) is 4.90 Å². The van der Waals surface area contributed by atoms with Gasteiger partial charge < -0.3 is 10.5 Å². The van der Waals surface area contributed by atoms with Crippen LogP contribution in [-0.2, 0) is 13.8 Å². The number of amides is 3. The SMILES string of the molecule is NC(=O)NC(=O)COc1ccc(S(=O)(=O)Cl)cc1F. The molecule has 104 valence electrons. The van der Waals surface area contributed by atoms with Crippen LogP contribution in [0.1, 0.15) is 0 Å². The molecule has 0 fully saturated rings. The van der Waals surface area contributed by atoms with Crippen LogP contribution in [0.15, 0.2) is 23.1 Å². The van der Waals surface area contributed by atoms with E-state index in [2.05, 4.69) is 5.73 Å². The monoisotopic (exact) mass is 310 g/mol. The molecule has 0 spiro atoms. The first kappa shape index (κ1) is 15.2. The summed E-state index contributed by atoms with van der Waals surface area (Å²) in [6, 6.07) is 1.57. The first-order chi connectivity index (χ1) is 8.70. The standard InChI is InChI=1S/C9H8ClFN2O5S/c10-19(16,17)5-1-2-7(6(11)3-5)18-4-8(14)13-9(12)15/h1-3H,4H2,(H3,12,13,14,15). The summed E-state index contributed by atoms with van der Waals surface area (Å²) in [5, 5.41) is 1.70. The van der Waals surface area contributed by atoms with Crippen LogP contribution in [0.2, 0.25) is 0 Å². The van der Waals surface area contributed by atoms with Gasteiger partial charge in [0.25, 0.3) is 15.0 Å². The van der Waals surface area contributed by atoms with Crippen molar-refractivity contribution in [1.82, 2.24) is 5.32 Å². The Morgan fingerprint density at radius 3 is 2.53 bits per heavy atom. The van der Waals surface area contributed by atoms with Crippen molar-refractivity contribution < 1.29 is 27.1 Å². The molecule has 10 heteroatoms. The maximum atomic E-state index is 13.4. The van der Waals surface area contributed by atoms with Gasteiger partial charge >= 0.3 is 6.03 Å². The van der Waals surface area contributed by atoms with E-state index in [9.17, 15) is 22.4 Å². The molecule has 0 radical (unpaired) electrons. The minimum Gasteiger partial charge on any atom is -0.481 e. The predicted molar refractivity (Wildman–Crippen MR) is 62.7 cm³/mol. The Morgan fingerprint density at radius 1 is 1.42 bits per heavy atom. The third-order valence-corrected chi connectivity index (χ3v) is 3.16. The molecule has 0 atom stereocenters. The molecule has 3 N–H and O–H groups in total. The molecule has 0 saturated heterocycles. The van der Waals surface area contributed by atoms with E-state index >= 15 is 0 Å². The van der Waals surface area contributed by atoms with Crippen LogP contribution in [0.4, 0.5) is 9.18 Å². The molecule has 3 amide bonds. The summed E-state index contributed by atoms with van der Waals surface area (Å²) >= 11 is 0. The Hall–Kier alpha value is -1.87. The van der Waals surface area contributed by atoms with E-state index in [0.29, 0.717) is 6.07 Å². The Labute approximate surface area is 111 Å². The maximum absolute atomic E-state index is 13.4. The second kappa shape index (κ2) is 5.85. The average molecular weight is 311 g/mol. The third kappa shape index (κ3) is 4.72. The Bertz CT molecular complexity index is 619. The molecule has 19 heavy (non-hydrogen) atoms. The summed E-state index contributed by atoms with van der Waals surface area (Å²) in [4.78, 5) is 20.9. The van der Waals surface area contributed by atoms with Gasteiger partial charge in [0.15, 0.2) is 18.2 Å². The lowest BCUT2D eigenvalue weighted by Crippen LogP contribution is -2.38. The Morgan fingerprint density at radius 2 is 2.05 bits per heavy atom. The van der Waals surface area contributed by atoms with E-state index in [0.717, 1.165) is 12.1 Å². The number of urea groups is 1. The number of benzene rings is 1. The lowest BCUT2D eigenvalue weighted by molar-refractivity contribution is -0.121. The van der Waals surface area contributed by atoms with Crippen molar-refractivity contribution in [3.63, 3.8) is 0 Å². The third-order valence-electron chi connectivity index (χ3n) is 1.81. The number of nitrogens with two attached hydrogens (primary N) is 1. The van der Waals surface area contributed by atoms with Gasteiger partial charge in [0.2, 0.25) is 0 Å². The minimum atomic E-state index is -4.05. The quantitative estimate of drug-likeness (QED) is 0.777. The second-order valence-electron chi connectivity index (χ2n) is 3.23. The summed E-state index contributed by atoms with van der Waals surface area (Å²) in [7, 11) is 0.964. The second-order valence-corrected chi connectivity index (χ2v) is 5.80. The van der Waals surface area contributed by atoms with Crippen molar-refractivity contribution in [2.24, 2.45) is 5.73 Å². The van der Waals surface area contributed by atoms with Crippen LogP contribution in [-0.4, -0.2) is 27.0 Å². The summed E-state index contributed by atoms with van der Waals surface area (Å²) in [5.41, 5.74) is 4.68. The zero-order valence-electron chi connectivity index (χ0n) is 9.22. The predicted octanol–water partition coefficient (Wildman–Crippen LogP) is 0.327. The number of hydrogen-bond acceptors (Lipinski definition) is 5. The minimum absolute atomic E-state index is 0.372. The van der Waals surface area contributed by atoms with Gasteiger partial charge in [-0.2, -0.15) is 0 Å². The molecule has 0 aromatic heterocycles. The summed E-state index contributed by atoms with van der Waals surface area (Å²) < 4.78 is 40.0. The molecule has 0 aliphatic rings. The van der Waals surface area contributed by atoms with Gasteiger partial charge in [-0.25, -0.2) is 17.6 Å². The number of ether oxygens (including phenoxy) is 1. The zero-order chi connectivity index (χ0) is 14.6. The molecule has 0 aliphatic carbocycles. The van der Waals surface area contributed by atoms with E-state index in [1.807, 2.05) is 0 Å². The number of carbonyl (C=O) groups excluding carboxylic acids is 2. The molecule has 7 nitrogen and oxygen atoms in total. The van der Waals surface area contributed by atoms with E-state index < -0.39 is 38.3 Å². The topological polar surface area (TPSA) is 116 Å². The Balaban J connectivity index is 2.76. The number of hydrogen-bond donors (Lipinski definition) is 2. The van der Waals surface area contributed by atoms with Gasteiger partial charge in [-0.3, -0.25) is 10.1 Å². The summed E-state index contributed by atoms with van der Waals surface area (Å²) in [5.74, 6) is -2.27. The first-order valence-electron chi connectivity index (χ1n) is 4.66. The Kier molecular flexibility index (Phi) is 4.67. The number of primary amides is 1. The van der Waals surface area contributed by atoms with Gasteiger partial charge in [-0.1, -0.05) is 0 Å². The molecule has 0 bridgehead atoms. The highest BCUT2D eigenvalue weighted by Crippen LogP contribution is 2.23. The highest BCUT2D eigenvalue weighted by atomic mass is 35.7. The molecule has 1 aromatic carbocycles. The molecular formula is C9H8ClFN2O5S. The van der Waals surface area contributed by atoms with Crippen molar-refractivity contribution in [3.8, 4) is 5.75 Å². The van der Waals surface area contributed by atoms with Crippen LogP contribution in [0.3, 0.4) is 0 Å². The molecule has 1 rings (SSSR count). The van der Waals surface area contributed by atoms with Gasteiger partial charge in [0.1, 0.15) is 0 Å². The van der Waals surface area contributed by atoms with Gasteiger partial charge in [-0.05, 0) is 18.2 Å². The lowest BCUT2D eigenvalue weighted by Gasteiger charge is -2.07. The van der Waals surface area contributed by atoms with Gasteiger partial charge in [-0.15, -0.1) is 0 Å². The lowest BCUT2D eigenvalue weighted by atomic mass is 10.3. The highest BCUT2D eigenvalue weighted by Gasteiger charge is 2.14. The highest BCUT2D eigenvalue weighted by molar-refractivity contribution is 8.13. The fraction of sp³-hybridized carbons (Fsp3) is 0.111. The van der Waals surface area contributed by atoms with E-state index in [1.54, 1.807) is 5.32 Å². The van der Waals surface area contributed by atoms with E-state index in [1.165, 1.54) is 0 Å². The normalized spacial score (nSPS) is 10.8. The van der Waals surface area contributed by atoms with Crippen LogP contribution in [0.5, 0.6) is 5.75 Å². The van der Waals surface area contributed by atoms with E-state index in [-0.39, 0.29) is 5.75 Å². The number of rotatable bonds is 4. The molecule has 0 aliphatic heterocycles. The molecular weight excluding hydrogens is 303 g/mol. The van der Waals surface area contributed by atoms with Crippen molar-refractivity contribution in [2.45, 2.75) is 4.90 Å². The summed E-state index contributed by atoms with van der Waals surface area (Å²) in [6.45, 7) is -0.660. The molecule has 0 saturated carbocycles. The van der Waals surface area contributed by atoms with Crippen molar-refractivity contribution in [1.29, 1.82) is 0 Å². The number of imide groups is 1. The average Bonchev–Trinajstić information content (AvgIpc) is 2.25. The van der Waals surface area contributed by atoms with Crippen LogP contribution in [0, 0.1) is 5.82 Å². The van der Waals surface area contributed by atoms with E-state index in [4.69, 9.17) is 15.4 Å². The number of halogens is 2. The van der Waals surface area contributed by atoms with Crippen molar-refractivity contribution >= 4 is 31.7 Å². The molecule has 0 heterocycles. The van der Waals surface area contributed by atoms with Crippen molar-refractivity contribution in [2.75, 3.05) is 6.61 Å². The fourth-order valence-corrected chi connectivity index (χ4v) is 1.83. The molecule has 1 aromatic rings. The summed E-state index contributed by atoms with van der Waals surface area (Å²) in [6.07, 6.45) is 0. The zero-order valence-corrected chi connectivity index (χ0v) is 10.8.